The van der Waals surface area contributed by atoms with Crippen LogP contribution >= 0.6 is 0 Å². The summed E-state index contributed by atoms with van der Waals surface area (Å²) in [6, 6.07) is 9.68. The van der Waals surface area contributed by atoms with Crippen LogP contribution in [0.3, 0.4) is 0 Å². The van der Waals surface area contributed by atoms with Crippen molar-refractivity contribution >= 4 is 33.9 Å². The molecule has 0 saturated heterocycles. The standard InChI is InChI=1S/C28H36N8O3/c1-8-26(37)31-21-14-22(25(39-7)15-24(21)35(4)12-11-34(2)3)32-28-30-17-29-27(33-28)20-16-36(5)23-10-9-18(38-6)13-19(20)23/h8-10,13-17,26,31,37H,1,11-12H2,2-7H3,(H,29,30,32,33). The fourth-order valence-electron chi connectivity index (χ4n) is 4.24. The third-order valence-corrected chi connectivity index (χ3v) is 6.39. The van der Waals surface area contributed by atoms with Crippen molar-refractivity contribution in [2.24, 2.45) is 7.05 Å². The zero-order valence-electron chi connectivity index (χ0n) is 23.3. The van der Waals surface area contributed by atoms with Gasteiger partial charge in [0, 0.05) is 55.9 Å². The van der Waals surface area contributed by atoms with Crippen LogP contribution in [0, 0.1) is 0 Å². The molecule has 0 aliphatic heterocycles. The fraction of sp³-hybridized carbons (Fsp3) is 0.321. The van der Waals surface area contributed by atoms with Gasteiger partial charge in [-0.3, -0.25) is 0 Å². The van der Waals surface area contributed by atoms with Gasteiger partial charge in [-0.15, -0.1) is 0 Å². The smallest absolute Gasteiger partial charge is 0.230 e. The van der Waals surface area contributed by atoms with E-state index in [2.05, 4.69) is 37.0 Å². The Labute approximate surface area is 228 Å². The molecule has 4 rings (SSSR count). The van der Waals surface area contributed by atoms with Crippen molar-refractivity contribution in [3.05, 3.63) is 55.5 Å². The number of ether oxygens (including phenoxy) is 2. The molecule has 11 heteroatoms. The Bertz CT molecular complexity index is 1450. The van der Waals surface area contributed by atoms with Crippen LogP contribution in [0.15, 0.2) is 55.5 Å². The van der Waals surface area contributed by atoms with Crippen molar-refractivity contribution in [1.82, 2.24) is 24.4 Å². The molecule has 2 aromatic heterocycles. The lowest BCUT2D eigenvalue weighted by Crippen LogP contribution is -2.29. The van der Waals surface area contributed by atoms with Gasteiger partial charge in [0.05, 0.1) is 31.3 Å². The van der Waals surface area contributed by atoms with Gasteiger partial charge in [-0.1, -0.05) is 6.58 Å². The molecule has 0 aliphatic carbocycles. The molecule has 1 unspecified atom stereocenters. The molecule has 2 heterocycles. The quantitative estimate of drug-likeness (QED) is 0.184. The second-order valence-corrected chi connectivity index (χ2v) is 9.41. The molecule has 0 saturated carbocycles. The zero-order valence-corrected chi connectivity index (χ0v) is 23.3. The maximum absolute atomic E-state index is 10.3. The van der Waals surface area contributed by atoms with E-state index in [9.17, 15) is 5.11 Å². The Hall–Kier alpha value is -4.35. The van der Waals surface area contributed by atoms with E-state index in [-0.39, 0.29) is 0 Å². The Morgan fingerprint density at radius 1 is 1.08 bits per heavy atom. The van der Waals surface area contributed by atoms with Gasteiger partial charge in [-0.05, 0) is 44.4 Å². The van der Waals surface area contributed by atoms with E-state index < -0.39 is 6.23 Å². The molecule has 0 amide bonds. The molecular formula is C28H36N8O3. The number of anilines is 4. The van der Waals surface area contributed by atoms with Crippen LogP contribution < -0.4 is 25.0 Å². The number of nitrogens with one attached hydrogen (secondary N) is 2. The Morgan fingerprint density at radius 3 is 2.56 bits per heavy atom. The number of aromatic nitrogens is 4. The number of benzene rings is 2. The lowest BCUT2D eigenvalue weighted by molar-refractivity contribution is 0.253. The summed E-state index contributed by atoms with van der Waals surface area (Å²) in [5.41, 5.74) is 4.08. The average molecular weight is 533 g/mol. The maximum atomic E-state index is 10.3. The van der Waals surface area contributed by atoms with Crippen molar-refractivity contribution in [2.75, 3.05) is 64.0 Å². The first-order chi connectivity index (χ1) is 18.7. The second-order valence-electron chi connectivity index (χ2n) is 9.41. The molecule has 39 heavy (non-hydrogen) atoms. The summed E-state index contributed by atoms with van der Waals surface area (Å²) in [5, 5.41) is 17.6. The van der Waals surface area contributed by atoms with E-state index in [0.29, 0.717) is 28.9 Å². The van der Waals surface area contributed by atoms with Gasteiger partial charge in [-0.25, -0.2) is 9.97 Å². The molecule has 1 atom stereocenters. The predicted octanol–water partition coefficient (Wildman–Crippen LogP) is 3.71. The van der Waals surface area contributed by atoms with Gasteiger partial charge in [-0.2, -0.15) is 4.98 Å². The SMILES string of the molecule is C=CC(O)Nc1cc(Nc2ncnc(-c3cn(C)c4ccc(OC)cc34)n2)c(OC)cc1N(C)CCN(C)C. The summed E-state index contributed by atoms with van der Waals surface area (Å²) in [5.74, 6) is 2.22. The molecule has 0 radical (unpaired) electrons. The van der Waals surface area contributed by atoms with Crippen LogP contribution in [0.1, 0.15) is 0 Å². The third-order valence-electron chi connectivity index (χ3n) is 6.39. The van der Waals surface area contributed by atoms with Crippen molar-refractivity contribution in [3.63, 3.8) is 0 Å². The number of methoxy groups -OCH3 is 2. The molecule has 0 bridgehead atoms. The molecule has 0 spiro atoms. The van der Waals surface area contributed by atoms with Gasteiger partial charge in [0.1, 0.15) is 24.1 Å². The van der Waals surface area contributed by atoms with E-state index in [1.54, 1.807) is 14.2 Å². The predicted molar refractivity (Wildman–Crippen MR) is 156 cm³/mol. The Kier molecular flexibility index (Phi) is 8.52. The number of aliphatic hydroxyl groups excluding tert-OH is 1. The lowest BCUT2D eigenvalue weighted by atomic mass is 10.1. The molecular weight excluding hydrogens is 496 g/mol. The van der Waals surface area contributed by atoms with Crippen molar-refractivity contribution in [2.45, 2.75) is 6.23 Å². The van der Waals surface area contributed by atoms with Crippen molar-refractivity contribution < 1.29 is 14.6 Å². The molecule has 206 valence electrons. The first-order valence-corrected chi connectivity index (χ1v) is 12.5. The minimum atomic E-state index is -0.931. The van der Waals surface area contributed by atoms with Crippen LogP contribution in [0.25, 0.3) is 22.3 Å². The Balaban J connectivity index is 1.71. The van der Waals surface area contributed by atoms with E-state index in [0.717, 1.165) is 41.0 Å². The van der Waals surface area contributed by atoms with Crippen LogP contribution in [-0.4, -0.2) is 84.2 Å². The topological polar surface area (TPSA) is 113 Å². The number of nitrogens with zero attached hydrogens (tertiary/aromatic N) is 6. The number of hydrogen-bond donors (Lipinski definition) is 3. The van der Waals surface area contributed by atoms with Crippen LogP contribution in [0.2, 0.25) is 0 Å². The normalized spacial score (nSPS) is 11.9. The summed E-state index contributed by atoms with van der Waals surface area (Å²) in [6.07, 6.45) is 3.96. The van der Waals surface area contributed by atoms with Gasteiger partial charge >= 0.3 is 0 Å². The third kappa shape index (κ3) is 6.21. The van der Waals surface area contributed by atoms with Gasteiger partial charge in [0.25, 0.3) is 0 Å². The van der Waals surface area contributed by atoms with Crippen LogP contribution in [-0.2, 0) is 7.05 Å². The number of aliphatic hydroxyl groups is 1. The van der Waals surface area contributed by atoms with E-state index in [1.165, 1.54) is 12.4 Å². The summed E-state index contributed by atoms with van der Waals surface area (Å²) >= 11 is 0. The largest absolute Gasteiger partial charge is 0.497 e. The highest BCUT2D eigenvalue weighted by Gasteiger charge is 2.18. The number of fused-ring (bicyclic) bond motifs is 1. The minimum absolute atomic E-state index is 0.349. The number of likely N-dealkylation sites (N-methyl/N-ethyl adjacent to an activating group) is 2. The Morgan fingerprint density at radius 2 is 1.87 bits per heavy atom. The van der Waals surface area contributed by atoms with E-state index in [4.69, 9.17) is 14.5 Å². The average Bonchev–Trinajstić information content (AvgIpc) is 3.27. The van der Waals surface area contributed by atoms with Crippen molar-refractivity contribution in [1.29, 1.82) is 0 Å². The highest BCUT2D eigenvalue weighted by atomic mass is 16.5. The van der Waals surface area contributed by atoms with E-state index >= 15 is 0 Å². The van der Waals surface area contributed by atoms with Crippen LogP contribution in [0.5, 0.6) is 11.5 Å². The highest BCUT2D eigenvalue weighted by Crippen LogP contribution is 2.38. The van der Waals surface area contributed by atoms with Crippen LogP contribution in [0.4, 0.5) is 23.0 Å². The zero-order chi connectivity index (χ0) is 28.1. The van der Waals surface area contributed by atoms with Gasteiger partial charge in [0.15, 0.2) is 5.82 Å². The van der Waals surface area contributed by atoms with Gasteiger partial charge in [0.2, 0.25) is 5.95 Å². The monoisotopic (exact) mass is 532 g/mol. The summed E-state index contributed by atoms with van der Waals surface area (Å²) in [6.45, 7) is 5.31. The number of aryl methyl sites for hydroxylation is 1. The molecule has 2 aromatic carbocycles. The van der Waals surface area contributed by atoms with E-state index in [1.807, 2.05) is 69.3 Å². The molecule has 3 N–H and O–H groups in total. The number of rotatable bonds is 12. The van der Waals surface area contributed by atoms with Gasteiger partial charge < -0.3 is 39.6 Å². The summed E-state index contributed by atoms with van der Waals surface area (Å²) in [7, 11) is 11.3. The summed E-state index contributed by atoms with van der Waals surface area (Å²) in [4.78, 5) is 17.7. The van der Waals surface area contributed by atoms with Crippen molar-refractivity contribution in [3.8, 4) is 22.9 Å². The second kappa shape index (κ2) is 12.0. The first kappa shape index (κ1) is 27.7. The maximum Gasteiger partial charge on any atom is 0.230 e. The molecule has 0 fully saturated rings. The highest BCUT2D eigenvalue weighted by molar-refractivity contribution is 5.95. The molecule has 4 aromatic rings. The minimum Gasteiger partial charge on any atom is -0.497 e. The summed E-state index contributed by atoms with van der Waals surface area (Å²) < 4.78 is 13.2. The number of hydrogen-bond acceptors (Lipinski definition) is 10. The molecule has 11 nitrogen and oxygen atoms in total. The molecule has 0 aliphatic rings. The first-order valence-electron chi connectivity index (χ1n) is 12.5. The fourth-order valence-corrected chi connectivity index (χ4v) is 4.24. The lowest BCUT2D eigenvalue weighted by Gasteiger charge is -2.27.